The molecule has 0 bridgehead atoms. The topological polar surface area (TPSA) is 124 Å². The third-order valence-electron chi connectivity index (χ3n) is 3.20. The summed E-state index contributed by atoms with van der Waals surface area (Å²) in [5.74, 6) is 1.38. The highest BCUT2D eigenvalue weighted by molar-refractivity contribution is 7.89. The van der Waals surface area contributed by atoms with Crippen LogP contribution in [0.3, 0.4) is 0 Å². The Balaban J connectivity index is 1.78. The van der Waals surface area contributed by atoms with Crippen molar-refractivity contribution < 1.29 is 21.9 Å². The Morgan fingerprint density at radius 2 is 1.88 bits per heavy atom. The van der Waals surface area contributed by atoms with Crippen LogP contribution >= 0.6 is 0 Å². The van der Waals surface area contributed by atoms with Gasteiger partial charge in [0.15, 0.2) is 11.6 Å². The van der Waals surface area contributed by atoms with E-state index in [1.54, 1.807) is 13.0 Å². The van der Waals surface area contributed by atoms with Gasteiger partial charge in [-0.05, 0) is 19.1 Å². The van der Waals surface area contributed by atoms with Gasteiger partial charge in [0.1, 0.15) is 0 Å². The van der Waals surface area contributed by atoms with Gasteiger partial charge in [-0.15, -0.1) is 0 Å². The minimum atomic E-state index is -3.90. The van der Waals surface area contributed by atoms with Gasteiger partial charge in [0.2, 0.25) is 16.7 Å². The maximum Gasteiger partial charge on any atom is 0.274 e. The SMILES string of the molecule is CC(C)c1noc(C(C)NS(=O)(=O)c2ccc(-c3ccno3)o2)n1. The van der Waals surface area contributed by atoms with Crippen LogP contribution in [0.4, 0.5) is 0 Å². The van der Waals surface area contributed by atoms with Crippen LogP contribution in [-0.2, 0) is 10.0 Å². The summed E-state index contributed by atoms with van der Waals surface area (Å²) in [5.41, 5.74) is 0. The van der Waals surface area contributed by atoms with E-state index in [1.807, 2.05) is 13.8 Å². The number of hydrogen-bond donors (Lipinski definition) is 1. The van der Waals surface area contributed by atoms with Gasteiger partial charge in [-0.25, -0.2) is 8.42 Å². The molecule has 1 N–H and O–H groups in total. The standard InChI is InChI=1S/C14H16N4O5S/c1-8(2)13-16-14(23-17-13)9(3)18-24(19,20)12-5-4-10(21-12)11-6-7-15-22-11/h4-9,18H,1-3H3. The molecular formula is C14H16N4O5S. The van der Waals surface area contributed by atoms with Crippen LogP contribution in [0.1, 0.15) is 44.4 Å². The summed E-state index contributed by atoms with van der Waals surface area (Å²) in [5, 5.41) is 7.11. The van der Waals surface area contributed by atoms with Crippen LogP contribution in [0.25, 0.3) is 11.5 Å². The smallest absolute Gasteiger partial charge is 0.274 e. The molecule has 1 atom stereocenters. The third-order valence-corrected chi connectivity index (χ3v) is 4.62. The van der Waals surface area contributed by atoms with Crippen molar-refractivity contribution in [1.29, 1.82) is 0 Å². The van der Waals surface area contributed by atoms with Gasteiger partial charge in [-0.3, -0.25) is 0 Å². The molecule has 0 fully saturated rings. The molecule has 9 nitrogen and oxygen atoms in total. The lowest BCUT2D eigenvalue weighted by molar-refractivity contribution is 0.346. The second-order valence-electron chi connectivity index (χ2n) is 5.48. The molecule has 3 rings (SSSR count). The summed E-state index contributed by atoms with van der Waals surface area (Å²) in [4.78, 5) is 4.17. The van der Waals surface area contributed by atoms with Gasteiger partial charge >= 0.3 is 0 Å². The Labute approximate surface area is 138 Å². The predicted molar refractivity (Wildman–Crippen MR) is 81.3 cm³/mol. The van der Waals surface area contributed by atoms with E-state index in [4.69, 9.17) is 13.5 Å². The van der Waals surface area contributed by atoms with Gasteiger partial charge in [0, 0.05) is 12.0 Å². The highest BCUT2D eigenvalue weighted by atomic mass is 32.2. The second kappa shape index (κ2) is 6.21. The minimum absolute atomic E-state index is 0.0841. The normalized spacial score (nSPS) is 13.5. The first kappa shape index (κ1) is 16.4. The van der Waals surface area contributed by atoms with Gasteiger partial charge in [0.25, 0.3) is 10.0 Å². The number of furan rings is 1. The molecule has 128 valence electrons. The number of nitrogens with zero attached hydrogens (tertiary/aromatic N) is 3. The van der Waals surface area contributed by atoms with Crippen molar-refractivity contribution in [2.24, 2.45) is 0 Å². The Morgan fingerprint density at radius 3 is 2.50 bits per heavy atom. The molecule has 0 saturated heterocycles. The summed E-state index contributed by atoms with van der Waals surface area (Å²) < 4.78 is 42.6. The summed E-state index contributed by atoms with van der Waals surface area (Å²) in [7, 11) is -3.90. The van der Waals surface area contributed by atoms with E-state index < -0.39 is 16.1 Å². The number of rotatable bonds is 6. The quantitative estimate of drug-likeness (QED) is 0.717. The molecule has 0 radical (unpaired) electrons. The monoisotopic (exact) mass is 352 g/mol. The molecule has 24 heavy (non-hydrogen) atoms. The summed E-state index contributed by atoms with van der Waals surface area (Å²) in [6.07, 6.45) is 1.44. The van der Waals surface area contributed by atoms with Gasteiger partial charge in [-0.1, -0.05) is 24.2 Å². The van der Waals surface area contributed by atoms with Crippen LogP contribution in [0.15, 0.2) is 43.0 Å². The zero-order chi connectivity index (χ0) is 17.3. The first-order chi connectivity index (χ1) is 11.4. The van der Waals surface area contributed by atoms with Gasteiger partial charge < -0.3 is 13.5 Å². The Kier molecular flexibility index (Phi) is 4.24. The van der Waals surface area contributed by atoms with E-state index in [9.17, 15) is 8.42 Å². The number of sulfonamides is 1. The lowest BCUT2D eigenvalue weighted by Crippen LogP contribution is -2.26. The lowest BCUT2D eigenvalue weighted by atomic mass is 10.2. The van der Waals surface area contributed by atoms with Crippen LogP contribution in [-0.4, -0.2) is 23.7 Å². The Hall–Kier alpha value is -2.46. The molecule has 0 amide bonds. The molecule has 0 aliphatic heterocycles. The summed E-state index contributed by atoms with van der Waals surface area (Å²) in [6.45, 7) is 5.43. The summed E-state index contributed by atoms with van der Waals surface area (Å²) in [6, 6.07) is 3.69. The van der Waals surface area contributed by atoms with Crippen LogP contribution in [0, 0.1) is 0 Å². The number of nitrogens with one attached hydrogen (secondary N) is 1. The predicted octanol–water partition coefficient (Wildman–Crippen LogP) is 2.48. The molecule has 0 saturated carbocycles. The van der Waals surface area contributed by atoms with E-state index in [0.29, 0.717) is 11.6 Å². The van der Waals surface area contributed by atoms with E-state index in [0.717, 1.165) is 0 Å². The molecular weight excluding hydrogens is 336 g/mol. The molecule has 0 aliphatic rings. The molecule has 0 aromatic carbocycles. The first-order valence-corrected chi connectivity index (χ1v) is 8.72. The van der Waals surface area contributed by atoms with Crippen molar-refractivity contribution in [3.8, 4) is 11.5 Å². The zero-order valence-electron chi connectivity index (χ0n) is 13.3. The van der Waals surface area contributed by atoms with Crippen molar-refractivity contribution in [1.82, 2.24) is 20.0 Å². The van der Waals surface area contributed by atoms with Gasteiger partial charge in [-0.2, -0.15) is 9.71 Å². The van der Waals surface area contributed by atoms with Crippen molar-refractivity contribution >= 4 is 10.0 Å². The second-order valence-corrected chi connectivity index (χ2v) is 7.13. The fourth-order valence-corrected chi connectivity index (χ4v) is 3.07. The number of hydrogen-bond acceptors (Lipinski definition) is 8. The average molecular weight is 352 g/mol. The molecule has 0 aliphatic carbocycles. The van der Waals surface area contributed by atoms with Gasteiger partial charge in [0.05, 0.1) is 12.2 Å². The van der Waals surface area contributed by atoms with E-state index in [1.165, 1.54) is 18.3 Å². The fourth-order valence-electron chi connectivity index (χ4n) is 1.94. The molecule has 0 spiro atoms. The Bertz CT molecular complexity index is 911. The van der Waals surface area contributed by atoms with Crippen LogP contribution in [0.5, 0.6) is 0 Å². The van der Waals surface area contributed by atoms with E-state index >= 15 is 0 Å². The van der Waals surface area contributed by atoms with E-state index in [2.05, 4.69) is 20.0 Å². The molecule has 10 heteroatoms. The molecule has 1 unspecified atom stereocenters. The van der Waals surface area contributed by atoms with Crippen molar-refractivity contribution in [3.05, 3.63) is 36.1 Å². The highest BCUT2D eigenvalue weighted by Gasteiger charge is 2.26. The molecule has 3 aromatic rings. The highest BCUT2D eigenvalue weighted by Crippen LogP contribution is 2.25. The van der Waals surface area contributed by atoms with Crippen LogP contribution < -0.4 is 4.72 Å². The molecule has 3 heterocycles. The van der Waals surface area contributed by atoms with E-state index in [-0.39, 0.29) is 22.7 Å². The average Bonchev–Trinajstić information content (AvgIpc) is 3.26. The largest absolute Gasteiger partial charge is 0.440 e. The minimum Gasteiger partial charge on any atom is -0.440 e. The maximum absolute atomic E-state index is 12.4. The van der Waals surface area contributed by atoms with Crippen molar-refractivity contribution in [3.63, 3.8) is 0 Å². The zero-order valence-corrected chi connectivity index (χ0v) is 14.1. The third kappa shape index (κ3) is 3.24. The lowest BCUT2D eigenvalue weighted by Gasteiger charge is -2.08. The van der Waals surface area contributed by atoms with Crippen LogP contribution in [0.2, 0.25) is 0 Å². The summed E-state index contributed by atoms with van der Waals surface area (Å²) >= 11 is 0. The van der Waals surface area contributed by atoms with Crippen molar-refractivity contribution in [2.45, 2.75) is 37.8 Å². The first-order valence-electron chi connectivity index (χ1n) is 7.23. The Morgan fingerprint density at radius 1 is 1.08 bits per heavy atom. The molecule has 3 aromatic heterocycles. The fraction of sp³-hybridized carbons (Fsp3) is 0.357. The maximum atomic E-state index is 12.4. The van der Waals surface area contributed by atoms with Crippen molar-refractivity contribution in [2.75, 3.05) is 0 Å². The number of aromatic nitrogens is 3.